The van der Waals surface area contributed by atoms with Crippen LogP contribution in [0.1, 0.15) is 24.8 Å². The van der Waals surface area contributed by atoms with Crippen molar-refractivity contribution in [1.82, 2.24) is 0 Å². The predicted molar refractivity (Wildman–Crippen MR) is 85.3 cm³/mol. The van der Waals surface area contributed by atoms with Gasteiger partial charge in [0.15, 0.2) is 0 Å². The first-order chi connectivity index (χ1) is 12.5. The number of hydrogen-bond acceptors (Lipinski definition) is 2. The monoisotopic (exact) mass is 395 g/mol. The number of anilines is 1. The van der Waals surface area contributed by atoms with E-state index in [1.807, 2.05) is 0 Å². The summed E-state index contributed by atoms with van der Waals surface area (Å²) in [6.07, 6.45) is -2.87. The average Bonchev–Trinajstić information content (AvgIpc) is 3.28. The Bertz CT molecular complexity index is 716. The molecule has 0 spiro atoms. The minimum Gasteiger partial charge on any atom is -0.481 e. The van der Waals surface area contributed by atoms with Crippen LogP contribution in [0.3, 0.4) is 0 Å². The Morgan fingerprint density at radius 3 is 2.48 bits per heavy atom. The zero-order valence-corrected chi connectivity index (χ0v) is 14.3. The summed E-state index contributed by atoms with van der Waals surface area (Å²) < 4.78 is 80.3. The normalized spacial score (nSPS) is 23.5. The fraction of sp³-hybridized carbons (Fsp3) is 0.611. The summed E-state index contributed by atoms with van der Waals surface area (Å²) in [4.78, 5) is 12.3. The highest BCUT2D eigenvalue weighted by Gasteiger charge is 2.61. The molecule has 1 saturated carbocycles. The van der Waals surface area contributed by atoms with E-state index < -0.39 is 48.8 Å². The Hall–Kier alpha value is -1.93. The zero-order chi connectivity index (χ0) is 20.0. The molecule has 2 unspecified atom stereocenters. The second kappa shape index (κ2) is 6.91. The lowest BCUT2D eigenvalue weighted by molar-refractivity contribution is -0.221. The highest BCUT2D eigenvalue weighted by Crippen LogP contribution is 2.45. The predicted octanol–water partition coefficient (Wildman–Crippen LogP) is 4.50. The van der Waals surface area contributed by atoms with E-state index in [1.54, 1.807) is 0 Å². The van der Waals surface area contributed by atoms with Crippen LogP contribution in [0.5, 0.6) is 0 Å². The molecule has 0 radical (unpaired) electrons. The van der Waals surface area contributed by atoms with Crippen molar-refractivity contribution >= 4 is 11.7 Å². The van der Waals surface area contributed by atoms with Gasteiger partial charge in [0, 0.05) is 12.2 Å². The van der Waals surface area contributed by atoms with Crippen molar-refractivity contribution in [3.8, 4) is 0 Å². The molecule has 150 valence electrons. The van der Waals surface area contributed by atoms with Gasteiger partial charge in [0.2, 0.25) is 0 Å². The van der Waals surface area contributed by atoms with Gasteiger partial charge in [-0.1, -0.05) is 18.9 Å². The number of halogens is 6. The number of carboxylic acid groups (broad SMARTS) is 1. The van der Waals surface area contributed by atoms with Gasteiger partial charge in [-0.2, -0.15) is 13.2 Å². The second-order valence-corrected chi connectivity index (χ2v) is 7.43. The van der Waals surface area contributed by atoms with Crippen LogP contribution in [-0.2, 0) is 11.2 Å². The van der Waals surface area contributed by atoms with E-state index in [1.165, 1.54) is 6.07 Å². The minimum atomic E-state index is -5.08. The molecule has 3 rings (SSSR count). The molecule has 1 aromatic rings. The number of nitrogens with zero attached hydrogens (tertiary/aromatic N) is 1. The second-order valence-electron chi connectivity index (χ2n) is 7.43. The lowest BCUT2D eigenvalue weighted by Crippen LogP contribution is -2.37. The van der Waals surface area contributed by atoms with Gasteiger partial charge in [-0.05, 0) is 36.5 Å². The fourth-order valence-electron chi connectivity index (χ4n) is 3.61. The van der Waals surface area contributed by atoms with Gasteiger partial charge in [0.25, 0.3) is 5.92 Å². The first kappa shape index (κ1) is 19.8. The molecular weight excluding hydrogens is 376 g/mol. The molecule has 2 atom stereocenters. The Labute approximate surface area is 152 Å². The first-order valence-corrected chi connectivity index (χ1v) is 8.68. The zero-order valence-electron chi connectivity index (χ0n) is 14.3. The molecule has 9 heteroatoms. The standard InChI is InChI=1S/C18H19F6NO2/c19-13-4-3-11(6-12(16(26)27)5-10-1-2-10)14(7-13)25-8-15(18(22,23)24)17(20,21)9-25/h3-4,7,10,12,15H,1-2,5-6,8-9H2,(H,26,27). The number of carboxylic acids is 1. The van der Waals surface area contributed by atoms with Crippen LogP contribution >= 0.6 is 0 Å². The summed E-state index contributed by atoms with van der Waals surface area (Å²) in [7, 11) is 0. The van der Waals surface area contributed by atoms with E-state index >= 15 is 0 Å². The lowest BCUT2D eigenvalue weighted by Gasteiger charge is -2.23. The molecular formula is C18H19F6NO2. The molecule has 1 saturated heterocycles. The molecule has 27 heavy (non-hydrogen) atoms. The molecule has 3 nitrogen and oxygen atoms in total. The number of aliphatic carboxylic acids is 1. The van der Waals surface area contributed by atoms with E-state index in [4.69, 9.17) is 0 Å². The first-order valence-electron chi connectivity index (χ1n) is 8.68. The van der Waals surface area contributed by atoms with E-state index in [-0.39, 0.29) is 17.7 Å². The van der Waals surface area contributed by atoms with Crippen LogP contribution in [-0.4, -0.2) is 36.3 Å². The molecule has 1 aliphatic heterocycles. The summed E-state index contributed by atoms with van der Waals surface area (Å²) >= 11 is 0. The largest absolute Gasteiger partial charge is 0.481 e. The SMILES string of the molecule is O=C(O)C(Cc1ccc(F)cc1N1CC(C(F)(F)F)C(F)(F)C1)CC1CC1. The van der Waals surface area contributed by atoms with Gasteiger partial charge in [-0.25, -0.2) is 13.2 Å². The minimum absolute atomic E-state index is 0.0415. The maximum atomic E-state index is 13.9. The van der Waals surface area contributed by atoms with Gasteiger partial charge < -0.3 is 10.0 Å². The Balaban J connectivity index is 1.87. The summed E-state index contributed by atoms with van der Waals surface area (Å²) in [5.41, 5.74) is 0.173. The lowest BCUT2D eigenvalue weighted by atomic mass is 9.93. The van der Waals surface area contributed by atoms with Crippen molar-refractivity contribution in [3.63, 3.8) is 0 Å². The van der Waals surface area contributed by atoms with Gasteiger partial charge in [-0.3, -0.25) is 4.79 Å². The number of carbonyl (C=O) groups is 1. The number of hydrogen-bond donors (Lipinski definition) is 1. The molecule has 2 aliphatic rings. The summed E-state index contributed by atoms with van der Waals surface area (Å²) in [5, 5.41) is 9.40. The topological polar surface area (TPSA) is 40.5 Å². The van der Waals surface area contributed by atoms with Crippen molar-refractivity contribution in [3.05, 3.63) is 29.6 Å². The molecule has 1 aliphatic carbocycles. The van der Waals surface area contributed by atoms with Crippen molar-refractivity contribution in [2.24, 2.45) is 17.8 Å². The quantitative estimate of drug-likeness (QED) is 0.721. The number of rotatable bonds is 6. The van der Waals surface area contributed by atoms with Crippen molar-refractivity contribution in [2.75, 3.05) is 18.0 Å². The number of alkyl halides is 5. The van der Waals surface area contributed by atoms with Gasteiger partial charge >= 0.3 is 12.1 Å². The van der Waals surface area contributed by atoms with Crippen LogP contribution in [0, 0.1) is 23.6 Å². The Kier molecular flexibility index (Phi) is 5.07. The highest BCUT2D eigenvalue weighted by atomic mass is 19.4. The van der Waals surface area contributed by atoms with Crippen LogP contribution in [0.15, 0.2) is 18.2 Å². The summed E-state index contributed by atoms with van der Waals surface area (Å²) in [5.74, 6) is -9.17. The third-order valence-electron chi connectivity index (χ3n) is 5.23. The van der Waals surface area contributed by atoms with Crippen LogP contribution in [0.25, 0.3) is 0 Å². The third kappa shape index (κ3) is 4.50. The Morgan fingerprint density at radius 1 is 1.30 bits per heavy atom. The smallest absolute Gasteiger partial charge is 0.399 e. The van der Waals surface area contributed by atoms with E-state index in [2.05, 4.69) is 0 Å². The molecule has 1 heterocycles. The Morgan fingerprint density at radius 2 is 1.96 bits per heavy atom. The van der Waals surface area contributed by atoms with E-state index in [0.29, 0.717) is 12.3 Å². The molecule has 1 N–H and O–H groups in total. The van der Waals surface area contributed by atoms with Gasteiger partial charge in [-0.15, -0.1) is 0 Å². The molecule has 0 aromatic heterocycles. The van der Waals surface area contributed by atoms with Crippen molar-refractivity contribution in [1.29, 1.82) is 0 Å². The molecule has 0 amide bonds. The summed E-state index contributed by atoms with van der Waals surface area (Å²) in [6, 6.07) is 3.23. The van der Waals surface area contributed by atoms with Crippen LogP contribution in [0.4, 0.5) is 32.0 Å². The average molecular weight is 395 g/mol. The van der Waals surface area contributed by atoms with Crippen LogP contribution in [0.2, 0.25) is 0 Å². The van der Waals surface area contributed by atoms with Crippen molar-refractivity contribution in [2.45, 2.75) is 37.8 Å². The van der Waals surface area contributed by atoms with Gasteiger partial charge in [0.05, 0.1) is 12.5 Å². The maximum Gasteiger partial charge on any atom is 0.399 e. The maximum absolute atomic E-state index is 13.9. The van der Waals surface area contributed by atoms with Crippen molar-refractivity contribution < 1.29 is 36.2 Å². The van der Waals surface area contributed by atoms with Gasteiger partial charge in [0.1, 0.15) is 11.7 Å². The number of benzene rings is 1. The van der Waals surface area contributed by atoms with Crippen LogP contribution < -0.4 is 4.90 Å². The highest BCUT2D eigenvalue weighted by molar-refractivity contribution is 5.71. The van der Waals surface area contributed by atoms with E-state index in [9.17, 15) is 36.2 Å². The molecule has 1 aromatic carbocycles. The summed E-state index contributed by atoms with van der Waals surface area (Å²) in [6.45, 7) is -2.18. The van der Waals surface area contributed by atoms with E-state index in [0.717, 1.165) is 29.9 Å². The molecule has 0 bridgehead atoms. The molecule has 2 fully saturated rings. The third-order valence-corrected chi connectivity index (χ3v) is 5.23. The fourth-order valence-corrected chi connectivity index (χ4v) is 3.61.